The number of amides is 8. The molecule has 0 spiro atoms. The fourth-order valence-electron chi connectivity index (χ4n) is 9.88. The number of H-pyrrole nitrogens is 2. The minimum atomic E-state index is -1.52. The van der Waals surface area contributed by atoms with Crippen molar-refractivity contribution in [3.05, 3.63) is 108 Å². The van der Waals surface area contributed by atoms with Gasteiger partial charge >= 0.3 is 5.97 Å². The Labute approximate surface area is 499 Å². The summed E-state index contributed by atoms with van der Waals surface area (Å²) in [7, 11) is 0. The van der Waals surface area contributed by atoms with Gasteiger partial charge in [0.2, 0.25) is 47.3 Å². The molecule has 0 saturated heterocycles. The first-order valence-corrected chi connectivity index (χ1v) is 29.2. The Hall–Kier alpha value is -8.88. The molecule has 466 valence electrons. The minimum Gasteiger partial charge on any atom is -0.480 e. The van der Waals surface area contributed by atoms with E-state index in [9.17, 15) is 48.3 Å². The number of carbonyl (C=O) groups excluding carboxylic acids is 8. The van der Waals surface area contributed by atoms with E-state index in [0.29, 0.717) is 36.8 Å². The minimum absolute atomic E-state index is 0.00411. The number of aromatic amines is 2. The van der Waals surface area contributed by atoms with Crippen LogP contribution in [-0.4, -0.2) is 142 Å². The normalized spacial score (nSPS) is 14.1. The number of carbonyl (C=O) groups is 9. The molecule has 0 aliphatic heterocycles. The van der Waals surface area contributed by atoms with Crippen LogP contribution in [0.5, 0.6) is 0 Å². The molecule has 8 amide bonds. The van der Waals surface area contributed by atoms with Crippen LogP contribution in [0.1, 0.15) is 101 Å². The summed E-state index contributed by atoms with van der Waals surface area (Å²) in [5.74, 6) is -8.08. The molecule has 5 aromatic rings. The van der Waals surface area contributed by atoms with Crippen molar-refractivity contribution in [1.82, 2.24) is 47.2 Å². The fraction of sp³-hybridized carbons (Fsp3) is 0.467. The van der Waals surface area contributed by atoms with Crippen LogP contribution in [0, 0.1) is 5.92 Å². The summed E-state index contributed by atoms with van der Waals surface area (Å²) in [6.07, 6.45) is 4.56. The summed E-state index contributed by atoms with van der Waals surface area (Å²) in [6, 6.07) is 13.2. The highest BCUT2D eigenvalue weighted by Crippen LogP contribution is 2.21. The van der Waals surface area contributed by atoms with Crippen LogP contribution in [0.25, 0.3) is 21.8 Å². The maximum absolute atomic E-state index is 14.6. The highest BCUT2D eigenvalue weighted by Gasteiger charge is 2.35. The monoisotopic (exact) mass is 1190 g/mol. The summed E-state index contributed by atoms with van der Waals surface area (Å²) in [6.45, 7) is 4.15. The molecule has 0 fully saturated rings. The molecule has 26 nitrogen and oxygen atoms in total. The van der Waals surface area contributed by atoms with Crippen molar-refractivity contribution in [1.29, 1.82) is 0 Å². The van der Waals surface area contributed by atoms with Gasteiger partial charge in [-0.3, -0.25) is 43.3 Å². The van der Waals surface area contributed by atoms with Crippen LogP contribution in [-0.2, 0) is 62.4 Å². The summed E-state index contributed by atoms with van der Waals surface area (Å²) in [4.78, 5) is 135. The molecule has 0 unspecified atom stereocenters. The van der Waals surface area contributed by atoms with Gasteiger partial charge in [0.1, 0.15) is 42.3 Å². The Morgan fingerprint density at radius 2 is 0.907 bits per heavy atom. The molecule has 0 bridgehead atoms. The number of hydrogen-bond donors (Lipinski definition) is 16. The van der Waals surface area contributed by atoms with Gasteiger partial charge in [-0.1, -0.05) is 80.6 Å². The van der Waals surface area contributed by atoms with Crippen LogP contribution in [0.4, 0.5) is 0 Å². The number of aromatic nitrogens is 2. The van der Waals surface area contributed by atoms with Crippen LogP contribution in [0.2, 0.25) is 0 Å². The third kappa shape index (κ3) is 21.9. The van der Waals surface area contributed by atoms with Gasteiger partial charge in [0.05, 0.1) is 6.04 Å². The maximum atomic E-state index is 14.6. The number of guanidine groups is 1. The number of fused-ring (bicyclic) bond motifs is 2. The number of nitrogens with two attached hydrogens (primary N) is 6. The Bertz CT molecular complexity index is 3090. The van der Waals surface area contributed by atoms with Crippen molar-refractivity contribution < 1.29 is 48.3 Å². The molecular formula is C60H86N16O10. The molecule has 22 N–H and O–H groups in total. The standard InChI is InChI=1S/C60H86N16O10/c1-35(2)29-48(57(83)71-45(22-11-13-27-62)55(81)76-50(59(85)86)32-38-34-69-43-20-9-7-18-40(38)43)75-56(82)47(24-25-51(64)77)73-53(79)44(21-10-12-26-61)70-54(80)46(23-14-28-67-60(65)66)72-58(84)49(30-36-15-4-3-5-16-36)74-52(78)41(63)31-37-33-68-42-19-8-6-17-39(37)42/h3-9,15-20,33-35,41,44-50,68-69H,10-14,21-32,61-63H2,1-2H3,(H2,64,77)(H,70,80)(H,71,83)(H,72,84)(H,73,79)(H,74,78)(H,75,82)(H,76,81)(H,85,86)(H4,65,66,67)/t41-,44-,45-,46-,47-,48-,49-,50-/m0/s1. The highest BCUT2D eigenvalue weighted by molar-refractivity contribution is 5.98. The van der Waals surface area contributed by atoms with Gasteiger partial charge in [-0.05, 0) is 118 Å². The van der Waals surface area contributed by atoms with E-state index in [1.54, 1.807) is 56.6 Å². The number of carboxylic acid groups (broad SMARTS) is 1. The first-order chi connectivity index (χ1) is 41.2. The lowest BCUT2D eigenvalue weighted by Gasteiger charge is -2.28. The molecule has 0 aliphatic carbocycles. The van der Waals surface area contributed by atoms with Crippen molar-refractivity contribution in [2.45, 2.75) is 152 Å². The molecule has 5 rings (SSSR count). The summed E-state index contributed by atoms with van der Waals surface area (Å²) in [5, 5.41) is 30.8. The lowest BCUT2D eigenvalue weighted by Crippen LogP contribution is -2.60. The number of hydrogen-bond acceptors (Lipinski definition) is 13. The first kappa shape index (κ1) is 67.9. The zero-order valence-electron chi connectivity index (χ0n) is 48.9. The van der Waals surface area contributed by atoms with E-state index in [1.165, 1.54) is 0 Å². The topological polar surface area (TPSA) is 458 Å². The predicted octanol–water partition coefficient (Wildman–Crippen LogP) is 0.106. The Balaban J connectivity index is 1.35. The molecule has 2 heterocycles. The van der Waals surface area contributed by atoms with Gasteiger partial charge in [0, 0.05) is 60.0 Å². The third-order valence-corrected chi connectivity index (χ3v) is 14.5. The second-order valence-corrected chi connectivity index (χ2v) is 21.8. The quantitative estimate of drug-likeness (QED) is 0.0142. The Morgan fingerprint density at radius 3 is 1.38 bits per heavy atom. The van der Waals surface area contributed by atoms with Crippen LogP contribution in [0.15, 0.2) is 96.2 Å². The summed E-state index contributed by atoms with van der Waals surface area (Å²) < 4.78 is 0. The van der Waals surface area contributed by atoms with Gasteiger partial charge < -0.3 is 86.7 Å². The molecule has 0 saturated carbocycles. The number of aliphatic carboxylic acids is 1. The number of aliphatic imine (C=N–C) groups is 1. The van der Waals surface area contributed by atoms with Gasteiger partial charge in [0.25, 0.3) is 0 Å². The fourth-order valence-corrected chi connectivity index (χ4v) is 9.88. The van der Waals surface area contributed by atoms with Gasteiger partial charge in [0.15, 0.2) is 5.96 Å². The number of para-hydroxylation sites is 2. The SMILES string of the molecule is CC(C)C[C@H](NC(=O)[C@H](CCC(N)=O)NC(=O)[C@H](CCCCN)NC(=O)[C@H](CCCN=C(N)N)NC(=O)[C@H](Cc1ccccc1)NC(=O)[C@@H](N)Cc1c[nH]c2ccccc12)C(=O)N[C@@H](CCCCN)C(=O)N[C@@H](Cc1c[nH]c2ccccc12)C(=O)O. The molecule has 2 aromatic heterocycles. The number of rotatable bonds is 38. The van der Waals surface area contributed by atoms with E-state index < -0.39 is 108 Å². The van der Waals surface area contributed by atoms with E-state index in [2.05, 4.69) is 52.2 Å². The van der Waals surface area contributed by atoms with Crippen LogP contribution in [0.3, 0.4) is 0 Å². The molecule has 0 aliphatic rings. The number of nitrogens with one attached hydrogen (secondary N) is 9. The van der Waals surface area contributed by atoms with Crippen molar-refractivity contribution >= 4 is 81.0 Å². The van der Waals surface area contributed by atoms with Gasteiger partial charge in [-0.15, -0.1) is 0 Å². The second kappa shape index (κ2) is 34.8. The zero-order valence-corrected chi connectivity index (χ0v) is 48.9. The number of primary amides is 1. The maximum Gasteiger partial charge on any atom is 0.326 e. The smallest absolute Gasteiger partial charge is 0.326 e. The zero-order chi connectivity index (χ0) is 62.7. The van der Waals surface area contributed by atoms with Crippen molar-refractivity contribution in [2.24, 2.45) is 45.3 Å². The Kier molecular flexibility index (Phi) is 27.5. The average molecular weight is 1190 g/mol. The number of nitrogens with zero attached hydrogens (tertiary/aromatic N) is 1. The number of benzene rings is 3. The first-order valence-electron chi connectivity index (χ1n) is 29.2. The summed E-state index contributed by atoms with van der Waals surface area (Å²) >= 11 is 0. The van der Waals surface area contributed by atoms with Crippen molar-refractivity contribution in [3.8, 4) is 0 Å². The van der Waals surface area contributed by atoms with E-state index in [1.807, 2.05) is 48.5 Å². The largest absolute Gasteiger partial charge is 0.480 e. The van der Waals surface area contributed by atoms with Gasteiger partial charge in [-0.2, -0.15) is 0 Å². The van der Waals surface area contributed by atoms with E-state index in [-0.39, 0.29) is 89.3 Å². The third-order valence-electron chi connectivity index (χ3n) is 14.5. The predicted molar refractivity (Wildman–Crippen MR) is 327 cm³/mol. The molecule has 3 aromatic carbocycles. The molecular weight excluding hydrogens is 1100 g/mol. The molecule has 8 atom stereocenters. The second-order valence-electron chi connectivity index (χ2n) is 21.8. The number of carboxylic acids is 1. The highest BCUT2D eigenvalue weighted by atomic mass is 16.4. The number of unbranched alkanes of at least 4 members (excludes halogenated alkanes) is 2. The van der Waals surface area contributed by atoms with E-state index in [4.69, 9.17) is 34.4 Å². The lowest BCUT2D eigenvalue weighted by molar-refractivity contribution is -0.142. The summed E-state index contributed by atoms with van der Waals surface area (Å²) in [5.41, 5.74) is 38.6. The van der Waals surface area contributed by atoms with Crippen LogP contribution < -0.4 is 71.6 Å². The molecule has 86 heavy (non-hydrogen) atoms. The van der Waals surface area contributed by atoms with Crippen molar-refractivity contribution in [3.63, 3.8) is 0 Å². The molecule has 26 heteroatoms. The lowest BCUT2D eigenvalue weighted by atomic mass is 10.00. The van der Waals surface area contributed by atoms with Crippen molar-refractivity contribution in [2.75, 3.05) is 19.6 Å². The van der Waals surface area contributed by atoms with E-state index >= 15 is 0 Å². The van der Waals surface area contributed by atoms with E-state index in [0.717, 1.165) is 27.4 Å². The Morgan fingerprint density at radius 1 is 0.488 bits per heavy atom. The molecule has 0 radical (unpaired) electrons. The van der Waals surface area contributed by atoms with Gasteiger partial charge in [-0.25, -0.2) is 4.79 Å². The average Bonchev–Trinajstić information content (AvgIpc) is 3.43. The van der Waals surface area contributed by atoms with Crippen LogP contribution >= 0.6 is 0 Å².